The number of urea groups is 1. The van der Waals surface area contributed by atoms with E-state index in [1.54, 1.807) is 25.3 Å². The van der Waals surface area contributed by atoms with Crippen LogP contribution in [-0.2, 0) is 14.8 Å². The van der Waals surface area contributed by atoms with Crippen LogP contribution >= 0.6 is 0 Å². The summed E-state index contributed by atoms with van der Waals surface area (Å²) >= 11 is 0. The molecule has 0 aromatic heterocycles. The number of carbonyl (C=O) groups is 2. The number of hydrogen-bond donors (Lipinski definition) is 2. The van der Waals surface area contributed by atoms with Gasteiger partial charge in [-0.3, -0.25) is 14.7 Å². The maximum Gasteiger partial charge on any atom is 0.318 e. The summed E-state index contributed by atoms with van der Waals surface area (Å²) in [6.45, 7) is 6.39. The topological polar surface area (TPSA) is 125 Å². The number of amidine groups is 1. The first kappa shape index (κ1) is 27.9. The van der Waals surface area contributed by atoms with Crippen LogP contribution in [0.2, 0.25) is 0 Å². The van der Waals surface area contributed by atoms with Gasteiger partial charge in [0.15, 0.2) is 0 Å². The van der Waals surface area contributed by atoms with Gasteiger partial charge >= 0.3 is 6.03 Å². The van der Waals surface area contributed by atoms with Crippen LogP contribution in [0.25, 0.3) is 6.08 Å². The second kappa shape index (κ2) is 11.6. The van der Waals surface area contributed by atoms with Crippen molar-refractivity contribution in [1.29, 1.82) is 0 Å². The minimum Gasteiger partial charge on any atom is -0.351 e. The predicted octanol–water partition coefficient (Wildman–Crippen LogP) is 3.84. The van der Waals surface area contributed by atoms with Crippen LogP contribution in [-0.4, -0.2) is 56.2 Å². The van der Waals surface area contributed by atoms with Gasteiger partial charge in [0.2, 0.25) is 10.0 Å². The van der Waals surface area contributed by atoms with Crippen molar-refractivity contribution in [2.75, 3.05) is 25.0 Å². The van der Waals surface area contributed by atoms with Gasteiger partial charge in [-0.1, -0.05) is 32.6 Å². The zero-order valence-electron chi connectivity index (χ0n) is 21.8. The smallest absolute Gasteiger partial charge is 0.318 e. The van der Waals surface area contributed by atoms with E-state index in [-0.39, 0.29) is 19.0 Å². The Morgan fingerprint density at radius 3 is 2.36 bits per heavy atom. The Labute approximate surface area is 214 Å². The average Bonchev–Trinajstić information content (AvgIpc) is 3.12. The number of nitrogens with one attached hydrogen (secondary N) is 1. The van der Waals surface area contributed by atoms with Crippen molar-refractivity contribution in [3.63, 3.8) is 0 Å². The molecule has 2 aliphatic heterocycles. The van der Waals surface area contributed by atoms with Crippen molar-refractivity contribution in [2.24, 2.45) is 10.7 Å². The lowest BCUT2D eigenvalue weighted by Crippen LogP contribution is -2.50. The summed E-state index contributed by atoms with van der Waals surface area (Å²) in [5.41, 5.74) is 7.60. The van der Waals surface area contributed by atoms with E-state index < -0.39 is 21.6 Å². The Morgan fingerprint density at radius 1 is 1.17 bits per heavy atom. The molecule has 1 aromatic carbocycles. The molecule has 0 atom stereocenters. The van der Waals surface area contributed by atoms with Crippen LogP contribution in [0.5, 0.6) is 0 Å². The van der Waals surface area contributed by atoms with Crippen LogP contribution < -0.4 is 16.0 Å². The molecule has 9 nitrogen and oxygen atoms in total. The second-order valence-corrected chi connectivity index (χ2v) is 11.7. The van der Waals surface area contributed by atoms with Crippen LogP contribution in [0.3, 0.4) is 0 Å². The molecule has 36 heavy (non-hydrogen) atoms. The van der Waals surface area contributed by atoms with E-state index in [0.29, 0.717) is 18.5 Å². The van der Waals surface area contributed by atoms with Gasteiger partial charge in [0.05, 0.1) is 0 Å². The summed E-state index contributed by atoms with van der Waals surface area (Å²) in [6, 6.07) is 3.03. The number of aryl methyl sites for hydroxylation is 2. The number of benzene rings is 1. The first-order valence-corrected chi connectivity index (χ1v) is 14.2. The lowest BCUT2D eigenvalue weighted by atomic mass is 9.89. The third-order valence-corrected chi connectivity index (χ3v) is 8.72. The lowest BCUT2D eigenvalue weighted by Gasteiger charge is -2.34. The molecule has 2 aliphatic rings. The Kier molecular flexibility index (Phi) is 8.94. The third kappa shape index (κ3) is 6.34. The van der Waals surface area contributed by atoms with Gasteiger partial charge in [0.1, 0.15) is 11.4 Å². The second-order valence-electron chi connectivity index (χ2n) is 9.85. The molecule has 1 aromatic rings. The number of nitrogens with two attached hydrogens (primary N) is 1. The number of nitrogens with zero attached hydrogens (tertiary/aromatic N) is 3. The highest BCUT2D eigenvalue weighted by Gasteiger charge is 2.46. The Morgan fingerprint density at radius 2 is 1.78 bits per heavy atom. The van der Waals surface area contributed by atoms with Gasteiger partial charge in [-0.25, -0.2) is 13.2 Å². The molecular formula is C26H39N5O4S. The molecule has 1 fully saturated rings. The van der Waals surface area contributed by atoms with E-state index in [9.17, 15) is 18.0 Å². The summed E-state index contributed by atoms with van der Waals surface area (Å²) < 4.78 is 27.5. The first-order valence-electron chi connectivity index (χ1n) is 12.7. The third-order valence-electron chi connectivity index (χ3n) is 7.16. The number of sulfonamides is 1. The SMILES string of the molecule is CCCCCCCC1=NC2(CCN(S(=O)(=O)/C=C/c3c(C)cc(N(C)C(N)=O)cc3C)CC2)C(=O)N1. The van der Waals surface area contributed by atoms with Crippen molar-refractivity contribution in [3.8, 4) is 0 Å². The molecule has 3 N–H and O–H groups in total. The van der Waals surface area contributed by atoms with Gasteiger partial charge in [-0.05, 0) is 68.0 Å². The van der Waals surface area contributed by atoms with Crippen LogP contribution in [0.15, 0.2) is 22.5 Å². The Balaban J connectivity index is 1.64. The molecule has 0 aliphatic carbocycles. The average molecular weight is 518 g/mol. The van der Waals surface area contributed by atoms with Gasteiger partial charge < -0.3 is 11.1 Å². The number of primary amides is 1. The fourth-order valence-electron chi connectivity index (χ4n) is 4.82. The molecule has 0 saturated carbocycles. The van der Waals surface area contributed by atoms with Crippen molar-refractivity contribution >= 4 is 39.6 Å². The van der Waals surface area contributed by atoms with Crippen LogP contribution in [0, 0.1) is 13.8 Å². The van der Waals surface area contributed by atoms with Crippen LogP contribution in [0.1, 0.15) is 75.0 Å². The fraction of sp³-hybridized carbons (Fsp3) is 0.577. The molecule has 10 heteroatoms. The van der Waals surface area contributed by atoms with Crippen molar-refractivity contribution in [1.82, 2.24) is 9.62 Å². The van der Waals surface area contributed by atoms with E-state index in [4.69, 9.17) is 10.7 Å². The van der Waals surface area contributed by atoms with Gasteiger partial charge in [0, 0.05) is 37.7 Å². The molecule has 0 bridgehead atoms. The van der Waals surface area contributed by atoms with Gasteiger partial charge in [-0.15, -0.1) is 0 Å². The predicted molar refractivity (Wildman–Crippen MR) is 144 cm³/mol. The van der Waals surface area contributed by atoms with Crippen LogP contribution in [0.4, 0.5) is 10.5 Å². The first-order chi connectivity index (χ1) is 17.0. The van der Waals surface area contributed by atoms with Crippen molar-refractivity contribution < 1.29 is 18.0 Å². The molecule has 3 amide bonds. The molecule has 3 rings (SSSR count). The molecule has 0 unspecified atom stereocenters. The molecule has 0 radical (unpaired) electrons. The number of carbonyl (C=O) groups excluding carboxylic acids is 2. The zero-order chi connectivity index (χ0) is 26.5. The molecule has 2 heterocycles. The maximum atomic E-state index is 13.1. The Bertz CT molecular complexity index is 1130. The summed E-state index contributed by atoms with van der Waals surface area (Å²) in [5, 5.41) is 4.15. The van der Waals surface area contributed by atoms with E-state index in [2.05, 4.69) is 12.2 Å². The highest BCUT2D eigenvalue weighted by atomic mass is 32.2. The van der Waals surface area contributed by atoms with Crippen molar-refractivity contribution in [2.45, 2.75) is 77.7 Å². The quantitative estimate of drug-likeness (QED) is 0.457. The number of unbranched alkanes of at least 4 members (excludes halogenated alkanes) is 4. The highest BCUT2D eigenvalue weighted by Crippen LogP contribution is 2.32. The fourth-order valence-corrected chi connectivity index (χ4v) is 6.00. The minimum atomic E-state index is -3.67. The van der Waals surface area contributed by atoms with E-state index >= 15 is 0 Å². The number of rotatable bonds is 10. The normalized spacial score (nSPS) is 18.0. The Hall–Kier alpha value is -2.72. The summed E-state index contributed by atoms with van der Waals surface area (Å²) in [4.78, 5) is 30.3. The van der Waals surface area contributed by atoms with E-state index in [0.717, 1.165) is 41.8 Å². The summed E-state index contributed by atoms with van der Waals surface area (Å²) in [6.07, 6.45) is 8.82. The summed E-state index contributed by atoms with van der Waals surface area (Å²) in [5.74, 6) is 0.634. The molecule has 1 saturated heterocycles. The lowest BCUT2D eigenvalue weighted by molar-refractivity contribution is -0.124. The monoisotopic (exact) mass is 517 g/mol. The zero-order valence-corrected chi connectivity index (χ0v) is 22.7. The largest absolute Gasteiger partial charge is 0.351 e. The molecular weight excluding hydrogens is 478 g/mol. The number of anilines is 1. The summed E-state index contributed by atoms with van der Waals surface area (Å²) in [7, 11) is -2.08. The number of amides is 3. The van der Waals surface area contributed by atoms with Crippen molar-refractivity contribution in [3.05, 3.63) is 34.2 Å². The maximum absolute atomic E-state index is 13.1. The number of piperidine rings is 1. The standard InChI is InChI=1S/C26H39N5O4S/c1-5-6-7-8-9-10-23-28-24(32)26(29-23)12-14-31(15-13-26)36(34,35)16-11-22-19(2)17-21(18-20(22)3)30(4)25(27)33/h11,16-18H,5-10,12-15H2,1-4H3,(H2,27,33)(H,28,29,32)/b16-11+. The van der Waals surface area contributed by atoms with Gasteiger partial charge in [-0.2, -0.15) is 4.31 Å². The number of hydrogen-bond acceptors (Lipinski definition) is 5. The van der Waals surface area contributed by atoms with Gasteiger partial charge in [0.25, 0.3) is 5.91 Å². The molecule has 1 spiro atoms. The highest BCUT2D eigenvalue weighted by molar-refractivity contribution is 7.92. The van der Waals surface area contributed by atoms with E-state index in [1.165, 1.54) is 33.9 Å². The molecule has 198 valence electrons. The van der Waals surface area contributed by atoms with E-state index in [1.807, 2.05) is 13.8 Å². The minimum absolute atomic E-state index is 0.106. The number of aliphatic imine (C=N–C) groups is 1.